The van der Waals surface area contributed by atoms with Crippen molar-refractivity contribution in [3.8, 4) is 0 Å². The van der Waals surface area contributed by atoms with Crippen LogP contribution in [0.15, 0.2) is 12.1 Å². The maximum absolute atomic E-state index is 14.3. The number of fused-ring (bicyclic) bond motifs is 1. The number of aryl methyl sites for hydroxylation is 1. The normalized spacial score (nSPS) is 19.9. The van der Waals surface area contributed by atoms with E-state index in [4.69, 9.17) is 4.74 Å². The van der Waals surface area contributed by atoms with Crippen LogP contribution >= 0.6 is 11.3 Å². The van der Waals surface area contributed by atoms with Gasteiger partial charge in [-0.25, -0.2) is 8.78 Å². The van der Waals surface area contributed by atoms with Crippen LogP contribution in [0, 0.1) is 11.6 Å². The quantitative estimate of drug-likeness (QED) is 0.539. The van der Waals surface area contributed by atoms with E-state index in [-0.39, 0.29) is 17.4 Å². The van der Waals surface area contributed by atoms with Crippen LogP contribution in [-0.4, -0.2) is 65.9 Å². The predicted molar refractivity (Wildman–Crippen MR) is 133 cm³/mol. The van der Waals surface area contributed by atoms with E-state index in [0.717, 1.165) is 62.3 Å². The maximum Gasteiger partial charge on any atom is 0.243 e. The molecule has 1 aromatic carbocycles. The molecule has 0 saturated carbocycles. The lowest BCUT2D eigenvalue weighted by Crippen LogP contribution is -2.47. The molecule has 2 aliphatic rings. The third-order valence-electron chi connectivity index (χ3n) is 6.75. The molecular weight excluding hydrogens is 472 g/mol. The number of anilines is 1. The number of morpholine rings is 1. The molecule has 0 spiro atoms. The smallest absolute Gasteiger partial charge is 0.243 e. The van der Waals surface area contributed by atoms with Gasteiger partial charge in [0.05, 0.1) is 19.3 Å². The van der Waals surface area contributed by atoms with Gasteiger partial charge in [-0.15, -0.1) is 10.2 Å². The van der Waals surface area contributed by atoms with Gasteiger partial charge >= 0.3 is 0 Å². The van der Waals surface area contributed by atoms with Gasteiger partial charge in [-0.05, 0) is 42.9 Å². The van der Waals surface area contributed by atoms with Crippen molar-refractivity contribution in [3.63, 3.8) is 0 Å². The number of amides is 1. The maximum atomic E-state index is 14.3. The number of rotatable bonds is 9. The molecule has 2 aromatic rings. The minimum absolute atomic E-state index is 0.0535. The van der Waals surface area contributed by atoms with E-state index in [2.05, 4.69) is 39.6 Å². The molecule has 1 fully saturated rings. The molecular formula is C25H35F2N5O2S. The Morgan fingerprint density at radius 1 is 1.29 bits per heavy atom. The van der Waals surface area contributed by atoms with Crippen LogP contribution in [-0.2, 0) is 27.8 Å². The van der Waals surface area contributed by atoms with Crippen molar-refractivity contribution in [1.82, 2.24) is 20.4 Å². The fourth-order valence-electron chi connectivity index (χ4n) is 4.92. The number of nitrogens with zero attached hydrogens (tertiary/aromatic N) is 3. The molecule has 7 nitrogen and oxygen atoms in total. The summed E-state index contributed by atoms with van der Waals surface area (Å²) in [5, 5.41) is 16.3. The van der Waals surface area contributed by atoms with Crippen LogP contribution in [0.25, 0.3) is 0 Å². The van der Waals surface area contributed by atoms with Gasteiger partial charge in [-0.2, -0.15) is 0 Å². The summed E-state index contributed by atoms with van der Waals surface area (Å²) in [6.07, 6.45) is 3.22. The van der Waals surface area contributed by atoms with Crippen LogP contribution in [0.1, 0.15) is 56.2 Å². The molecule has 0 radical (unpaired) electrons. The average molecular weight is 508 g/mol. The second kappa shape index (κ2) is 11.4. The first-order valence-electron chi connectivity index (χ1n) is 12.4. The Bertz CT molecular complexity index is 1030. The summed E-state index contributed by atoms with van der Waals surface area (Å²) in [5.41, 5.74) is 1.07. The highest BCUT2D eigenvalue weighted by Gasteiger charge is 2.31. The van der Waals surface area contributed by atoms with E-state index in [1.54, 1.807) is 0 Å². The monoisotopic (exact) mass is 507 g/mol. The van der Waals surface area contributed by atoms with E-state index >= 15 is 0 Å². The lowest BCUT2D eigenvalue weighted by atomic mass is 9.87. The molecule has 1 amide bonds. The number of halogens is 2. The molecule has 1 aromatic heterocycles. The topological polar surface area (TPSA) is 79.4 Å². The summed E-state index contributed by atoms with van der Waals surface area (Å²) in [7, 11) is 0. The highest BCUT2D eigenvalue weighted by molar-refractivity contribution is 7.15. The summed E-state index contributed by atoms with van der Waals surface area (Å²) in [6.45, 7) is 10.5. The van der Waals surface area contributed by atoms with Gasteiger partial charge in [0.15, 0.2) is 0 Å². The molecule has 1 unspecified atom stereocenters. The number of nitrogens with one attached hydrogen (secondary N) is 2. The second-order valence-electron chi connectivity index (χ2n) is 10.1. The van der Waals surface area contributed by atoms with Crippen LogP contribution in [0.3, 0.4) is 0 Å². The van der Waals surface area contributed by atoms with Gasteiger partial charge < -0.3 is 10.1 Å². The average Bonchev–Trinajstić information content (AvgIpc) is 3.29. The third-order valence-corrected chi connectivity index (χ3v) is 7.96. The molecule has 1 saturated heterocycles. The molecule has 192 valence electrons. The lowest BCUT2D eigenvalue weighted by Gasteiger charge is -2.33. The zero-order valence-corrected chi connectivity index (χ0v) is 21.5. The first kappa shape index (κ1) is 26.1. The molecule has 1 aliphatic carbocycles. The molecule has 10 heteroatoms. The van der Waals surface area contributed by atoms with E-state index < -0.39 is 17.7 Å². The molecule has 2 heterocycles. The Hall–Kier alpha value is -2.01. The van der Waals surface area contributed by atoms with Crippen LogP contribution in [0.4, 0.5) is 13.9 Å². The highest BCUT2D eigenvalue weighted by Crippen LogP contribution is 2.30. The Kier molecular flexibility index (Phi) is 8.46. The largest absolute Gasteiger partial charge is 0.379 e. The molecule has 4 rings (SSSR count). The Balaban J connectivity index is 1.37. The summed E-state index contributed by atoms with van der Waals surface area (Å²) in [5.74, 6) is -1.21. The van der Waals surface area contributed by atoms with E-state index in [9.17, 15) is 13.6 Å². The van der Waals surface area contributed by atoms with Crippen molar-refractivity contribution < 1.29 is 18.3 Å². The molecule has 0 bridgehead atoms. The Morgan fingerprint density at radius 2 is 2.06 bits per heavy atom. The number of carbonyl (C=O) groups is 1. The van der Waals surface area contributed by atoms with Crippen molar-refractivity contribution >= 4 is 22.4 Å². The number of ether oxygens (including phenoxy) is 1. The van der Waals surface area contributed by atoms with Gasteiger partial charge in [0.1, 0.15) is 16.6 Å². The van der Waals surface area contributed by atoms with E-state index in [1.807, 2.05) is 6.92 Å². The number of hydrogen-bond acceptors (Lipinski definition) is 7. The van der Waals surface area contributed by atoms with Crippen LogP contribution < -0.4 is 10.6 Å². The number of hydrogen-bond donors (Lipinski definition) is 2. The standard InChI is InChI=1S/C25H35F2N5O2S/c1-4-5-21(28-18-7-6-16-12-17(26)13-20(27)19(16)14-18)22(33)29-24-31-30-23(35-24)25(2,3)15-32-8-10-34-11-9-32/h12-13,18,21,28H,4-11,14-15H2,1-3H3,(H,29,31,33)/t18?,21-/m0/s1. The summed E-state index contributed by atoms with van der Waals surface area (Å²) < 4.78 is 33.3. The van der Waals surface area contributed by atoms with Gasteiger partial charge in [-0.1, -0.05) is 38.5 Å². The number of carbonyl (C=O) groups excluding carboxylic acids is 1. The van der Waals surface area contributed by atoms with Crippen LogP contribution in [0.5, 0.6) is 0 Å². The molecule has 1 aliphatic heterocycles. The number of benzene rings is 1. The fourth-order valence-corrected chi connectivity index (χ4v) is 5.76. The molecule has 35 heavy (non-hydrogen) atoms. The van der Waals surface area contributed by atoms with Crippen molar-refractivity contribution in [2.45, 2.75) is 70.4 Å². The molecule has 2 N–H and O–H groups in total. The van der Waals surface area contributed by atoms with Crippen molar-refractivity contribution in [2.75, 3.05) is 38.2 Å². The van der Waals surface area contributed by atoms with Crippen molar-refractivity contribution in [3.05, 3.63) is 39.9 Å². The zero-order valence-electron chi connectivity index (χ0n) is 20.7. The second-order valence-corrected chi connectivity index (χ2v) is 11.1. The number of aromatic nitrogens is 2. The summed E-state index contributed by atoms with van der Waals surface area (Å²) >= 11 is 1.41. The third kappa shape index (κ3) is 6.61. The van der Waals surface area contributed by atoms with Crippen LogP contribution in [0.2, 0.25) is 0 Å². The first-order valence-corrected chi connectivity index (χ1v) is 13.2. The fraction of sp³-hybridized carbons (Fsp3) is 0.640. The molecule has 2 atom stereocenters. The first-order chi connectivity index (χ1) is 16.7. The van der Waals surface area contributed by atoms with E-state index in [0.29, 0.717) is 30.0 Å². The minimum Gasteiger partial charge on any atom is -0.379 e. The summed E-state index contributed by atoms with van der Waals surface area (Å²) in [6, 6.07) is 1.87. The summed E-state index contributed by atoms with van der Waals surface area (Å²) in [4.78, 5) is 15.5. The van der Waals surface area contributed by atoms with Gasteiger partial charge in [0.25, 0.3) is 0 Å². The van der Waals surface area contributed by atoms with Gasteiger partial charge in [-0.3, -0.25) is 15.0 Å². The Labute approximate surface area is 209 Å². The Morgan fingerprint density at radius 3 is 2.80 bits per heavy atom. The lowest BCUT2D eigenvalue weighted by molar-refractivity contribution is -0.118. The minimum atomic E-state index is -0.541. The SMILES string of the molecule is CCC[C@H](NC1CCc2cc(F)cc(F)c2C1)C(=O)Nc1nnc(C(C)(C)CN2CCOCC2)s1. The highest BCUT2D eigenvalue weighted by atomic mass is 32.1. The van der Waals surface area contributed by atoms with Gasteiger partial charge in [0, 0.05) is 37.2 Å². The predicted octanol–water partition coefficient (Wildman–Crippen LogP) is 3.68. The van der Waals surface area contributed by atoms with Crippen molar-refractivity contribution in [2.24, 2.45) is 0 Å². The zero-order chi connectivity index (χ0) is 25.0. The van der Waals surface area contributed by atoms with Crippen molar-refractivity contribution in [1.29, 1.82) is 0 Å². The van der Waals surface area contributed by atoms with E-state index in [1.165, 1.54) is 17.4 Å². The van der Waals surface area contributed by atoms with Gasteiger partial charge in [0.2, 0.25) is 11.0 Å².